The lowest BCUT2D eigenvalue weighted by Gasteiger charge is -2.66. The summed E-state index contributed by atoms with van der Waals surface area (Å²) in [7, 11) is 0. The highest BCUT2D eigenvalue weighted by atomic mass is 16.1. The maximum Gasteiger partial charge on any atom is 0.176 e. The minimum Gasteiger partial charge on any atom is -0.294 e. The van der Waals surface area contributed by atoms with Crippen LogP contribution in [-0.2, 0) is 9.59 Å². The van der Waals surface area contributed by atoms with Gasteiger partial charge in [-0.25, -0.2) is 0 Å². The zero-order valence-electron chi connectivity index (χ0n) is 26.0. The second-order valence-electron chi connectivity index (χ2n) is 14.4. The number of fused-ring (bicyclic) bond motifs is 3. The van der Waals surface area contributed by atoms with Gasteiger partial charge in [0.25, 0.3) is 0 Å². The van der Waals surface area contributed by atoms with Crippen molar-refractivity contribution in [2.24, 2.45) is 34.0 Å². The van der Waals surface area contributed by atoms with Gasteiger partial charge in [-0.05, 0) is 104 Å². The summed E-state index contributed by atoms with van der Waals surface area (Å²) in [5.41, 5.74) is 7.75. The summed E-state index contributed by atoms with van der Waals surface area (Å²) in [4.78, 5) is 27.5. The lowest BCUT2D eigenvalue weighted by atomic mass is 9.36. The van der Waals surface area contributed by atoms with E-state index in [9.17, 15) is 9.59 Å². The molecule has 0 heterocycles. The Hall–Kier alpha value is -2.22. The van der Waals surface area contributed by atoms with Gasteiger partial charge in [0.2, 0.25) is 0 Å². The molecule has 1 fully saturated rings. The molecular weight excluding hydrogens is 476 g/mol. The van der Waals surface area contributed by atoms with E-state index < -0.39 is 5.41 Å². The van der Waals surface area contributed by atoms with Gasteiger partial charge in [-0.2, -0.15) is 0 Å². The molecule has 0 N–H and O–H groups in total. The highest BCUT2D eigenvalue weighted by molar-refractivity contribution is 6.23. The number of benzene rings is 1. The minimum atomic E-state index is -0.734. The smallest absolute Gasteiger partial charge is 0.176 e. The van der Waals surface area contributed by atoms with Crippen molar-refractivity contribution >= 4 is 17.1 Å². The fourth-order valence-electron chi connectivity index (χ4n) is 10.3. The molecule has 2 nitrogen and oxygen atoms in total. The molecular formula is C37H50O2. The van der Waals surface area contributed by atoms with Crippen molar-refractivity contribution in [3.8, 4) is 0 Å². The van der Waals surface area contributed by atoms with E-state index in [0.717, 1.165) is 35.5 Å². The van der Waals surface area contributed by atoms with Crippen LogP contribution in [-0.4, -0.2) is 11.6 Å². The lowest BCUT2D eigenvalue weighted by molar-refractivity contribution is -0.142. The lowest BCUT2D eigenvalue weighted by Crippen LogP contribution is -2.62. The predicted molar refractivity (Wildman–Crippen MR) is 162 cm³/mol. The fraction of sp³-hybridized carbons (Fsp3) is 0.622. The van der Waals surface area contributed by atoms with Gasteiger partial charge in [-0.3, -0.25) is 9.59 Å². The minimum absolute atomic E-state index is 0.0413. The van der Waals surface area contributed by atoms with Gasteiger partial charge in [0.05, 0.1) is 11.0 Å². The maximum atomic E-state index is 14.6. The molecule has 1 aromatic carbocycles. The highest BCUT2D eigenvalue weighted by Gasteiger charge is 2.68. The largest absolute Gasteiger partial charge is 0.294 e. The van der Waals surface area contributed by atoms with Crippen LogP contribution in [0.4, 0.5) is 0 Å². The number of Topliss-reactive ketones (excluding diaryl/α,β-unsaturated/α-hetero) is 2. The number of ketones is 2. The first kappa shape index (κ1) is 28.3. The number of hydrogen-bond acceptors (Lipinski definition) is 2. The van der Waals surface area contributed by atoms with Crippen LogP contribution in [0.2, 0.25) is 0 Å². The molecule has 0 aromatic heterocycles. The Bertz CT molecular complexity index is 1320. The van der Waals surface area contributed by atoms with E-state index in [1.807, 2.05) is 6.92 Å². The van der Waals surface area contributed by atoms with Gasteiger partial charge in [0, 0.05) is 5.41 Å². The third-order valence-electron chi connectivity index (χ3n) is 12.7. The standard InChI is InChI=1S/C37H50O2/c1-21-15-14-18-29-25(5)36(9)30(19-22(2)28-16-12-11-13-17-28)35(8)20-23(3)32(27(7)38)34(39)37(35,10)26(6)33(36)24(4)31(21)29/h14-15,18,22,25,28,30H,4,11-13,16-17,19-20H2,1-3,5-10H3/t22?,25-,30+,35+,36-,37+/m1/s1. The first-order valence-corrected chi connectivity index (χ1v) is 15.5. The van der Waals surface area contributed by atoms with Crippen LogP contribution < -0.4 is 0 Å². The molecule has 0 radical (unpaired) electrons. The van der Waals surface area contributed by atoms with E-state index in [-0.39, 0.29) is 22.4 Å². The first-order chi connectivity index (χ1) is 18.2. The van der Waals surface area contributed by atoms with Gasteiger partial charge >= 0.3 is 0 Å². The molecule has 39 heavy (non-hydrogen) atoms. The Morgan fingerprint density at radius 1 is 1.08 bits per heavy atom. The predicted octanol–water partition coefficient (Wildman–Crippen LogP) is 9.58. The van der Waals surface area contributed by atoms with Crippen molar-refractivity contribution in [2.45, 2.75) is 113 Å². The zero-order chi connectivity index (χ0) is 28.7. The summed E-state index contributed by atoms with van der Waals surface area (Å²) in [6.45, 7) is 24.8. The summed E-state index contributed by atoms with van der Waals surface area (Å²) in [6.07, 6.45) is 8.63. The van der Waals surface area contributed by atoms with Gasteiger partial charge in [0.1, 0.15) is 0 Å². The molecule has 0 saturated heterocycles. The molecule has 1 saturated carbocycles. The van der Waals surface area contributed by atoms with E-state index >= 15 is 0 Å². The average Bonchev–Trinajstić information content (AvgIpc) is 2.88. The summed E-state index contributed by atoms with van der Waals surface area (Å²) in [5.74, 6) is 1.91. The molecule has 1 unspecified atom stereocenters. The topological polar surface area (TPSA) is 34.1 Å². The Kier molecular flexibility index (Phi) is 6.84. The Morgan fingerprint density at radius 3 is 2.33 bits per heavy atom. The number of rotatable bonds is 4. The van der Waals surface area contributed by atoms with Gasteiger partial charge < -0.3 is 0 Å². The number of aryl methyl sites for hydroxylation is 1. The van der Waals surface area contributed by atoms with Crippen LogP contribution in [0.25, 0.3) is 5.57 Å². The van der Waals surface area contributed by atoms with Gasteiger partial charge in [-0.15, -0.1) is 0 Å². The Labute approximate surface area is 237 Å². The molecule has 1 aromatic rings. The monoisotopic (exact) mass is 526 g/mol. The van der Waals surface area contributed by atoms with E-state index in [0.29, 0.717) is 23.3 Å². The normalized spacial score (nSPS) is 35.9. The van der Waals surface area contributed by atoms with Crippen LogP contribution in [0.3, 0.4) is 0 Å². The summed E-state index contributed by atoms with van der Waals surface area (Å²) in [6, 6.07) is 6.71. The summed E-state index contributed by atoms with van der Waals surface area (Å²) in [5, 5.41) is 0. The average molecular weight is 527 g/mol. The van der Waals surface area contributed by atoms with Crippen molar-refractivity contribution in [2.75, 3.05) is 0 Å². The van der Waals surface area contributed by atoms with Crippen molar-refractivity contribution in [3.05, 3.63) is 63.8 Å². The number of carbonyl (C=O) groups is 2. The van der Waals surface area contributed by atoms with Crippen molar-refractivity contribution in [3.63, 3.8) is 0 Å². The summed E-state index contributed by atoms with van der Waals surface area (Å²) >= 11 is 0. The second-order valence-corrected chi connectivity index (χ2v) is 14.4. The molecule has 4 aliphatic rings. The van der Waals surface area contributed by atoms with Gasteiger partial charge in [-0.1, -0.05) is 95.7 Å². The third-order valence-corrected chi connectivity index (χ3v) is 12.7. The number of allylic oxidation sites excluding steroid dienone is 5. The molecule has 0 spiro atoms. The fourth-order valence-corrected chi connectivity index (χ4v) is 10.3. The molecule has 0 aliphatic heterocycles. The molecule has 4 aliphatic carbocycles. The molecule has 2 heteroatoms. The molecule has 210 valence electrons. The SMILES string of the molecule is C=C1C2=C(C)[C@@]3(C)C(=O)C(C(C)=O)=C(C)C[C@@]3(C)[C@H](CC(C)C3CCCCC3)[C@@]2(C)[C@H](C)c2cccc(C)c21. The Morgan fingerprint density at radius 2 is 1.72 bits per heavy atom. The van der Waals surface area contributed by atoms with Crippen LogP contribution in [0.15, 0.2) is 47.1 Å². The Balaban J connectivity index is 1.80. The molecule has 6 atom stereocenters. The third kappa shape index (κ3) is 3.65. The van der Waals surface area contributed by atoms with E-state index in [4.69, 9.17) is 6.58 Å². The second kappa shape index (κ2) is 9.42. The van der Waals surface area contributed by atoms with Crippen LogP contribution in [0.1, 0.15) is 123 Å². The van der Waals surface area contributed by atoms with Crippen LogP contribution >= 0.6 is 0 Å². The maximum absolute atomic E-state index is 14.6. The van der Waals surface area contributed by atoms with Crippen molar-refractivity contribution in [1.82, 2.24) is 0 Å². The molecule has 5 rings (SSSR count). The van der Waals surface area contributed by atoms with Crippen molar-refractivity contribution in [1.29, 1.82) is 0 Å². The zero-order valence-corrected chi connectivity index (χ0v) is 26.0. The van der Waals surface area contributed by atoms with Crippen LogP contribution in [0.5, 0.6) is 0 Å². The van der Waals surface area contributed by atoms with E-state index in [1.54, 1.807) is 6.92 Å². The quantitative estimate of drug-likeness (QED) is 0.366. The van der Waals surface area contributed by atoms with E-state index in [1.165, 1.54) is 54.4 Å². The van der Waals surface area contributed by atoms with Crippen molar-refractivity contribution < 1.29 is 9.59 Å². The van der Waals surface area contributed by atoms with Gasteiger partial charge in [0.15, 0.2) is 11.6 Å². The summed E-state index contributed by atoms with van der Waals surface area (Å²) < 4.78 is 0. The van der Waals surface area contributed by atoms with E-state index in [2.05, 4.69) is 66.7 Å². The highest BCUT2D eigenvalue weighted by Crippen LogP contribution is 2.73. The van der Waals surface area contributed by atoms with Crippen LogP contribution in [0, 0.1) is 40.9 Å². The molecule has 0 bridgehead atoms. The first-order valence-electron chi connectivity index (χ1n) is 15.5. The number of carbonyl (C=O) groups excluding carboxylic acids is 2. The molecule has 0 amide bonds. The number of hydrogen-bond donors (Lipinski definition) is 0.